The molecule has 0 bridgehead atoms. The van der Waals surface area contributed by atoms with Crippen molar-refractivity contribution in [2.24, 2.45) is 11.3 Å². The van der Waals surface area contributed by atoms with Crippen molar-refractivity contribution in [1.29, 1.82) is 0 Å². The lowest BCUT2D eigenvalue weighted by Crippen LogP contribution is -2.37. The average molecular weight is 351 g/mol. The smallest absolute Gasteiger partial charge is 0.323 e. The molecule has 0 radical (unpaired) electrons. The number of fused-ring (bicyclic) bond motifs is 1. The summed E-state index contributed by atoms with van der Waals surface area (Å²) >= 11 is 1.57. The van der Waals surface area contributed by atoms with Crippen LogP contribution in [0.15, 0.2) is 0 Å². The lowest BCUT2D eigenvalue weighted by atomic mass is 9.88. The molecule has 2 unspecified atom stereocenters. The SMILES string of the molecule is CCCC1CCc2nc(NC(=O)N3CCC(C)(C(=O)O)C3)sc2C1. The van der Waals surface area contributed by atoms with Gasteiger partial charge in [-0.2, -0.15) is 0 Å². The van der Waals surface area contributed by atoms with E-state index >= 15 is 0 Å². The van der Waals surface area contributed by atoms with Gasteiger partial charge >= 0.3 is 12.0 Å². The van der Waals surface area contributed by atoms with Crippen molar-refractivity contribution in [3.8, 4) is 0 Å². The number of thiazole rings is 1. The molecule has 2 amide bonds. The Balaban J connectivity index is 1.61. The molecular formula is C17H25N3O3S. The zero-order valence-corrected chi connectivity index (χ0v) is 15.1. The number of aliphatic carboxylic acids is 1. The van der Waals surface area contributed by atoms with Gasteiger partial charge in [0.05, 0.1) is 11.1 Å². The van der Waals surface area contributed by atoms with Gasteiger partial charge in [-0.05, 0) is 38.5 Å². The van der Waals surface area contributed by atoms with E-state index in [9.17, 15) is 14.7 Å². The quantitative estimate of drug-likeness (QED) is 0.871. The molecule has 24 heavy (non-hydrogen) atoms. The summed E-state index contributed by atoms with van der Waals surface area (Å²) < 4.78 is 0. The van der Waals surface area contributed by atoms with Gasteiger partial charge in [0.1, 0.15) is 0 Å². The Bertz CT molecular complexity index is 645. The molecular weight excluding hydrogens is 326 g/mol. The Kier molecular flexibility index (Phi) is 4.80. The first-order valence-corrected chi connectivity index (χ1v) is 9.51. The number of anilines is 1. The van der Waals surface area contributed by atoms with E-state index in [1.54, 1.807) is 23.2 Å². The Labute approximate surface area is 146 Å². The van der Waals surface area contributed by atoms with Crippen LogP contribution >= 0.6 is 11.3 Å². The number of aromatic nitrogens is 1. The number of nitrogens with zero attached hydrogens (tertiary/aromatic N) is 2. The maximum Gasteiger partial charge on any atom is 0.323 e. The number of aryl methyl sites for hydroxylation is 1. The summed E-state index contributed by atoms with van der Waals surface area (Å²) in [6.07, 6.45) is 6.19. The topological polar surface area (TPSA) is 82.5 Å². The first-order chi connectivity index (χ1) is 11.4. The van der Waals surface area contributed by atoms with Gasteiger partial charge in [-0.1, -0.05) is 19.8 Å². The lowest BCUT2D eigenvalue weighted by molar-refractivity contribution is -0.146. The number of carboxylic acid groups (broad SMARTS) is 1. The molecule has 1 aromatic rings. The number of carboxylic acids is 1. The Morgan fingerprint density at radius 2 is 2.29 bits per heavy atom. The molecule has 3 rings (SSSR count). The van der Waals surface area contributed by atoms with Crippen molar-refractivity contribution in [2.75, 3.05) is 18.4 Å². The molecule has 0 aromatic carbocycles. The van der Waals surface area contributed by atoms with Gasteiger partial charge in [-0.15, -0.1) is 11.3 Å². The summed E-state index contributed by atoms with van der Waals surface area (Å²) in [6, 6.07) is -0.240. The van der Waals surface area contributed by atoms with Crippen LogP contribution in [0.2, 0.25) is 0 Å². The van der Waals surface area contributed by atoms with Crippen LogP contribution in [0.5, 0.6) is 0 Å². The predicted molar refractivity (Wildman–Crippen MR) is 93.5 cm³/mol. The second-order valence-electron chi connectivity index (χ2n) is 7.25. The minimum absolute atomic E-state index is 0.240. The van der Waals surface area contributed by atoms with Gasteiger partial charge in [0.25, 0.3) is 0 Å². The predicted octanol–water partition coefficient (Wildman–Crippen LogP) is 3.38. The fourth-order valence-corrected chi connectivity index (χ4v) is 4.74. The van der Waals surface area contributed by atoms with Gasteiger partial charge in [0, 0.05) is 18.0 Å². The molecule has 2 aliphatic rings. The van der Waals surface area contributed by atoms with Crippen LogP contribution < -0.4 is 5.32 Å². The monoisotopic (exact) mass is 351 g/mol. The Morgan fingerprint density at radius 1 is 1.50 bits per heavy atom. The van der Waals surface area contributed by atoms with Crippen molar-refractivity contribution in [3.05, 3.63) is 10.6 Å². The largest absolute Gasteiger partial charge is 0.481 e. The standard InChI is InChI=1S/C17H25N3O3S/c1-3-4-11-5-6-12-13(9-11)24-15(18-12)19-16(23)20-8-7-17(2,10-20)14(21)22/h11H,3-10H2,1-2H3,(H,21,22)(H,18,19,23). The second-order valence-corrected chi connectivity index (χ2v) is 8.34. The molecule has 1 aliphatic carbocycles. The number of urea groups is 1. The van der Waals surface area contributed by atoms with E-state index in [4.69, 9.17) is 0 Å². The second kappa shape index (κ2) is 6.70. The number of carbonyl (C=O) groups excluding carboxylic acids is 1. The minimum atomic E-state index is -0.843. The first-order valence-electron chi connectivity index (χ1n) is 8.69. The highest BCUT2D eigenvalue weighted by atomic mass is 32.1. The highest BCUT2D eigenvalue weighted by Gasteiger charge is 2.42. The molecule has 1 saturated heterocycles. The highest BCUT2D eigenvalue weighted by molar-refractivity contribution is 7.15. The van der Waals surface area contributed by atoms with Gasteiger partial charge in [0.15, 0.2) is 5.13 Å². The van der Waals surface area contributed by atoms with Crippen LogP contribution in [-0.2, 0) is 17.6 Å². The highest BCUT2D eigenvalue weighted by Crippen LogP contribution is 2.35. The summed E-state index contributed by atoms with van der Waals surface area (Å²) in [5.74, 6) is -0.106. The maximum atomic E-state index is 12.4. The number of amides is 2. The van der Waals surface area contributed by atoms with E-state index < -0.39 is 11.4 Å². The van der Waals surface area contributed by atoms with Crippen molar-refractivity contribution in [1.82, 2.24) is 9.88 Å². The zero-order valence-electron chi connectivity index (χ0n) is 14.3. The van der Waals surface area contributed by atoms with Crippen molar-refractivity contribution in [2.45, 2.75) is 52.4 Å². The summed E-state index contributed by atoms with van der Waals surface area (Å²) in [7, 11) is 0. The van der Waals surface area contributed by atoms with E-state index in [1.165, 1.54) is 24.1 Å². The van der Waals surface area contributed by atoms with Crippen molar-refractivity contribution in [3.63, 3.8) is 0 Å². The van der Waals surface area contributed by atoms with Gasteiger partial charge < -0.3 is 10.0 Å². The number of hydrogen-bond acceptors (Lipinski definition) is 4. The molecule has 1 aromatic heterocycles. The van der Waals surface area contributed by atoms with Gasteiger partial charge in [-0.3, -0.25) is 10.1 Å². The van der Waals surface area contributed by atoms with E-state index in [0.29, 0.717) is 18.1 Å². The summed E-state index contributed by atoms with van der Waals surface area (Å²) in [5.41, 5.74) is 0.284. The number of rotatable bonds is 4. The number of likely N-dealkylation sites (tertiary alicyclic amines) is 1. The van der Waals surface area contributed by atoms with E-state index in [2.05, 4.69) is 17.2 Å². The normalized spacial score (nSPS) is 26.2. The van der Waals surface area contributed by atoms with Crippen LogP contribution in [0.3, 0.4) is 0 Å². The fourth-order valence-electron chi connectivity index (χ4n) is 3.63. The third kappa shape index (κ3) is 3.41. The molecule has 132 valence electrons. The van der Waals surface area contributed by atoms with Crippen LogP contribution in [0.1, 0.15) is 50.1 Å². The van der Waals surface area contributed by atoms with E-state index in [1.807, 2.05) is 0 Å². The molecule has 1 aliphatic heterocycles. The molecule has 2 N–H and O–H groups in total. The Hall–Kier alpha value is -1.63. The summed E-state index contributed by atoms with van der Waals surface area (Å²) in [5, 5.41) is 12.8. The maximum absolute atomic E-state index is 12.4. The minimum Gasteiger partial charge on any atom is -0.481 e. The summed E-state index contributed by atoms with van der Waals surface area (Å²) in [6.45, 7) is 4.63. The summed E-state index contributed by atoms with van der Waals surface area (Å²) in [4.78, 5) is 31.1. The van der Waals surface area contributed by atoms with Crippen LogP contribution in [0.25, 0.3) is 0 Å². The lowest BCUT2D eigenvalue weighted by Gasteiger charge is -2.19. The molecule has 0 spiro atoms. The fraction of sp³-hybridized carbons (Fsp3) is 0.706. The number of nitrogens with one attached hydrogen (secondary N) is 1. The van der Waals surface area contributed by atoms with Gasteiger partial charge in [-0.25, -0.2) is 9.78 Å². The molecule has 0 saturated carbocycles. The third-order valence-corrected chi connectivity index (χ3v) is 6.26. The van der Waals surface area contributed by atoms with Gasteiger partial charge in [0.2, 0.25) is 0 Å². The molecule has 7 heteroatoms. The Morgan fingerprint density at radius 3 is 2.96 bits per heavy atom. The molecule has 6 nitrogen and oxygen atoms in total. The van der Waals surface area contributed by atoms with E-state index in [0.717, 1.165) is 24.5 Å². The van der Waals surface area contributed by atoms with Crippen LogP contribution in [0, 0.1) is 11.3 Å². The van der Waals surface area contributed by atoms with Crippen LogP contribution in [-0.4, -0.2) is 40.1 Å². The van der Waals surface area contributed by atoms with Crippen molar-refractivity contribution >= 4 is 28.5 Å². The van der Waals surface area contributed by atoms with Crippen LogP contribution in [0.4, 0.5) is 9.93 Å². The van der Waals surface area contributed by atoms with Crippen molar-refractivity contribution < 1.29 is 14.7 Å². The number of hydrogen-bond donors (Lipinski definition) is 2. The zero-order chi connectivity index (χ0) is 17.3. The number of carbonyl (C=O) groups is 2. The van der Waals surface area contributed by atoms with E-state index in [-0.39, 0.29) is 12.6 Å². The third-order valence-electron chi connectivity index (χ3n) is 5.23. The molecule has 2 atom stereocenters. The molecule has 2 heterocycles. The molecule has 1 fully saturated rings. The first kappa shape index (κ1) is 17.2. The average Bonchev–Trinajstić information content (AvgIpc) is 3.11.